The largest absolute Gasteiger partial charge is 0.316 e. The summed E-state index contributed by atoms with van der Waals surface area (Å²) in [5.74, 6) is 0. The number of nitrogens with one attached hydrogen (secondary N) is 2. The molecular weight excluding hydrogens is 284 g/mol. The van der Waals surface area contributed by atoms with E-state index in [1.807, 2.05) is 20.0 Å². The number of hydrogen-bond acceptors (Lipinski definition) is 3. The minimum absolute atomic E-state index is 0.286. The van der Waals surface area contributed by atoms with Crippen LogP contribution in [-0.2, 0) is 23.0 Å². The van der Waals surface area contributed by atoms with Crippen LogP contribution in [0.15, 0.2) is 23.1 Å². The Balaban J connectivity index is 2.29. The van der Waals surface area contributed by atoms with Crippen LogP contribution in [0.4, 0.5) is 0 Å². The summed E-state index contributed by atoms with van der Waals surface area (Å²) in [4.78, 5) is 0.373. The van der Waals surface area contributed by atoms with E-state index in [0.717, 1.165) is 37.7 Å². The maximum absolute atomic E-state index is 12.6. The summed E-state index contributed by atoms with van der Waals surface area (Å²) in [5.41, 5.74) is 1.96. The Morgan fingerprint density at radius 2 is 1.86 bits per heavy atom. The predicted octanol–water partition coefficient (Wildman–Crippen LogP) is 2.58. The summed E-state index contributed by atoms with van der Waals surface area (Å²) in [7, 11) is -1.57. The van der Waals surface area contributed by atoms with Crippen LogP contribution in [-0.4, -0.2) is 21.0 Å². The molecule has 0 atom stereocenters. The Morgan fingerprint density at radius 1 is 1.19 bits per heavy atom. The second kappa shape index (κ2) is 6.46. The van der Waals surface area contributed by atoms with Crippen molar-refractivity contribution in [1.82, 2.24) is 10.0 Å². The van der Waals surface area contributed by atoms with Gasteiger partial charge >= 0.3 is 0 Å². The molecule has 1 aromatic carbocycles. The quantitative estimate of drug-likeness (QED) is 0.849. The molecule has 1 aliphatic rings. The third kappa shape index (κ3) is 3.84. The van der Waals surface area contributed by atoms with Crippen molar-refractivity contribution in [3.05, 3.63) is 29.3 Å². The molecule has 118 valence electrons. The van der Waals surface area contributed by atoms with Crippen LogP contribution in [0.2, 0.25) is 0 Å². The van der Waals surface area contributed by atoms with Crippen molar-refractivity contribution >= 4 is 10.0 Å². The third-order valence-corrected chi connectivity index (χ3v) is 5.96. The molecule has 0 heterocycles. The average molecular weight is 310 g/mol. The molecule has 0 bridgehead atoms. The molecule has 1 aliphatic carbocycles. The topological polar surface area (TPSA) is 58.2 Å². The fraction of sp³-hybridized carbons (Fsp3) is 0.625. The zero-order chi connectivity index (χ0) is 15.5. The van der Waals surface area contributed by atoms with E-state index in [1.54, 1.807) is 12.1 Å². The van der Waals surface area contributed by atoms with E-state index in [9.17, 15) is 8.42 Å². The Kier molecular flexibility index (Phi) is 5.07. The monoisotopic (exact) mass is 310 g/mol. The van der Waals surface area contributed by atoms with Gasteiger partial charge in [-0.1, -0.05) is 25.8 Å². The lowest BCUT2D eigenvalue weighted by Crippen LogP contribution is -2.43. The van der Waals surface area contributed by atoms with Crippen molar-refractivity contribution in [3.63, 3.8) is 0 Å². The fourth-order valence-electron chi connectivity index (χ4n) is 3.11. The molecule has 2 rings (SSSR count). The Morgan fingerprint density at radius 3 is 2.43 bits per heavy atom. The van der Waals surface area contributed by atoms with Gasteiger partial charge in [-0.2, -0.15) is 0 Å². The number of rotatable bonds is 6. The molecule has 21 heavy (non-hydrogen) atoms. The van der Waals surface area contributed by atoms with Crippen molar-refractivity contribution in [1.29, 1.82) is 0 Å². The van der Waals surface area contributed by atoms with Crippen molar-refractivity contribution < 1.29 is 8.42 Å². The highest BCUT2D eigenvalue weighted by molar-refractivity contribution is 7.89. The van der Waals surface area contributed by atoms with Gasteiger partial charge in [-0.25, -0.2) is 13.1 Å². The summed E-state index contributed by atoms with van der Waals surface area (Å²) >= 11 is 0. The highest BCUT2D eigenvalue weighted by atomic mass is 32.2. The molecule has 0 unspecified atom stereocenters. The zero-order valence-corrected chi connectivity index (χ0v) is 14.0. The second-order valence-corrected chi connectivity index (χ2v) is 7.87. The standard InChI is InChI=1S/C16H26N2O2S/c1-4-13-7-8-15(11-14(13)12-17-3)21(19,20)18-16(2)9-5-6-10-16/h7-8,11,17-18H,4-6,9-10,12H2,1-3H3. The van der Waals surface area contributed by atoms with Gasteiger partial charge in [-0.15, -0.1) is 0 Å². The number of aryl methyl sites for hydroxylation is 1. The summed E-state index contributed by atoms with van der Waals surface area (Å²) in [6.45, 7) is 4.77. The van der Waals surface area contributed by atoms with Crippen LogP contribution >= 0.6 is 0 Å². The lowest BCUT2D eigenvalue weighted by Gasteiger charge is -2.25. The SMILES string of the molecule is CCc1ccc(S(=O)(=O)NC2(C)CCCC2)cc1CNC. The normalized spacial score (nSPS) is 18.0. The van der Waals surface area contributed by atoms with Crippen LogP contribution in [0, 0.1) is 0 Å². The molecule has 1 saturated carbocycles. The van der Waals surface area contributed by atoms with Crippen molar-refractivity contribution in [2.24, 2.45) is 0 Å². The molecule has 0 aliphatic heterocycles. The van der Waals surface area contributed by atoms with Gasteiger partial charge < -0.3 is 5.32 Å². The van der Waals surface area contributed by atoms with Crippen LogP contribution in [0.5, 0.6) is 0 Å². The molecule has 0 amide bonds. The Hall–Kier alpha value is -0.910. The lowest BCUT2D eigenvalue weighted by molar-refractivity contribution is 0.427. The van der Waals surface area contributed by atoms with Crippen molar-refractivity contribution in [2.75, 3.05) is 7.05 Å². The molecule has 2 N–H and O–H groups in total. The average Bonchev–Trinajstić information content (AvgIpc) is 2.84. The van der Waals surface area contributed by atoms with Gasteiger partial charge in [0, 0.05) is 12.1 Å². The smallest absolute Gasteiger partial charge is 0.241 e. The van der Waals surface area contributed by atoms with Crippen molar-refractivity contribution in [2.45, 2.75) is 62.9 Å². The maximum Gasteiger partial charge on any atom is 0.241 e. The molecular formula is C16H26N2O2S. The van der Waals surface area contributed by atoms with Gasteiger partial charge in [0.15, 0.2) is 0 Å². The first-order valence-electron chi connectivity index (χ1n) is 7.70. The first-order chi connectivity index (χ1) is 9.90. The van der Waals surface area contributed by atoms with Gasteiger partial charge in [0.05, 0.1) is 4.90 Å². The molecule has 5 heteroatoms. The molecule has 0 spiro atoms. The number of sulfonamides is 1. The first kappa shape index (κ1) is 16.5. The van der Waals surface area contributed by atoms with E-state index >= 15 is 0 Å². The predicted molar refractivity (Wildman–Crippen MR) is 85.8 cm³/mol. The molecule has 0 radical (unpaired) electrons. The summed E-state index contributed by atoms with van der Waals surface area (Å²) in [6.07, 6.45) is 4.94. The molecule has 1 fully saturated rings. The minimum atomic E-state index is -3.45. The number of benzene rings is 1. The van der Waals surface area contributed by atoms with E-state index in [4.69, 9.17) is 0 Å². The lowest BCUT2D eigenvalue weighted by atomic mass is 10.0. The fourth-order valence-corrected chi connectivity index (χ4v) is 4.63. The van der Waals surface area contributed by atoms with Crippen LogP contribution in [0.3, 0.4) is 0 Å². The Labute approximate surface area is 128 Å². The highest BCUT2D eigenvalue weighted by Crippen LogP contribution is 2.30. The van der Waals surface area contributed by atoms with Crippen LogP contribution < -0.4 is 10.0 Å². The van der Waals surface area contributed by atoms with Gasteiger partial charge in [0.1, 0.15) is 0 Å². The summed E-state index contributed by atoms with van der Waals surface area (Å²) in [6, 6.07) is 5.45. The van der Waals surface area contributed by atoms with Crippen LogP contribution in [0.1, 0.15) is 50.7 Å². The minimum Gasteiger partial charge on any atom is -0.316 e. The summed E-state index contributed by atoms with van der Waals surface area (Å²) in [5, 5.41) is 3.10. The van der Waals surface area contributed by atoms with E-state index in [0.29, 0.717) is 11.4 Å². The van der Waals surface area contributed by atoms with Gasteiger partial charge in [0.25, 0.3) is 0 Å². The summed E-state index contributed by atoms with van der Waals surface area (Å²) < 4.78 is 28.1. The molecule has 0 saturated heterocycles. The highest BCUT2D eigenvalue weighted by Gasteiger charge is 2.33. The molecule has 4 nitrogen and oxygen atoms in total. The third-order valence-electron chi connectivity index (χ3n) is 4.32. The second-order valence-electron chi connectivity index (χ2n) is 6.19. The first-order valence-corrected chi connectivity index (χ1v) is 9.19. The van der Waals surface area contributed by atoms with E-state index in [-0.39, 0.29) is 5.54 Å². The van der Waals surface area contributed by atoms with E-state index < -0.39 is 10.0 Å². The van der Waals surface area contributed by atoms with Gasteiger partial charge in [-0.05, 0) is 56.5 Å². The van der Waals surface area contributed by atoms with Gasteiger partial charge in [0.2, 0.25) is 10.0 Å². The zero-order valence-electron chi connectivity index (χ0n) is 13.2. The number of hydrogen-bond donors (Lipinski definition) is 2. The molecule has 1 aromatic rings. The van der Waals surface area contributed by atoms with E-state index in [1.165, 1.54) is 5.56 Å². The maximum atomic E-state index is 12.6. The van der Waals surface area contributed by atoms with E-state index in [2.05, 4.69) is 17.0 Å². The van der Waals surface area contributed by atoms with Gasteiger partial charge in [-0.3, -0.25) is 0 Å². The van der Waals surface area contributed by atoms with Crippen molar-refractivity contribution in [3.8, 4) is 0 Å². The van der Waals surface area contributed by atoms with Crippen LogP contribution in [0.25, 0.3) is 0 Å². The molecule has 0 aromatic heterocycles. The Bertz CT molecular complexity index is 590.